The lowest BCUT2D eigenvalue weighted by Gasteiger charge is -2.61. The Hall–Kier alpha value is -0.530. The van der Waals surface area contributed by atoms with Crippen LogP contribution in [-0.2, 0) is 4.79 Å². The number of rotatable bonds is 1. The zero-order chi connectivity index (χ0) is 10.1. The first-order valence-corrected chi connectivity index (χ1v) is 5.71. The molecular formula is C12H18O2. The molecule has 2 bridgehead atoms. The molecule has 0 aromatic carbocycles. The highest BCUT2D eigenvalue weighted by molar-refractivity contribution is 5.75. The summed E-state index contributed by atoms with van der Waals surface area (Å²) in [5.41, 5.74) is 0.659. The molecular weight excluding hydrogens is 176 g/mol. The van der Waals surface area contributed by atoms with Crippen molar-refractivity contribution in [1.82, 2.24) is 0 Å². The van der Waals surface area contributed by atoms with Crippen molar-refractivity contribution in [3.8, 4) is 0 Å². The third-order valence-electron chi connectivity index (χ3n) is 5.54. The molecule has 14 heavy (non-hydrogen) atoms. The van der Waals surface area contributed by atoms with Crippen LogP contribution >= 0.6 is 0 Å². The first kappa shape index (κ1) is 8.75. The highest BCUT2D eigenvalue weighted by Gasteiger charge is 2.72. The molecule has 4 atom stereocenters. The number of aliphatic carboxylic acids is 1. The standard InChI is InChI=1S/C12H18O2/c1-11(2)7-3-4-12(9(11)5-7)6-8(12)10(13)14/h7-9H,3-6H2,1-2H3,(H,13,14)/t7?,8-,9?,12?/m0/s1. The predicted molar refractivity (Wildman–Crippen MR) is 52.8 cm³/mol. The van der Waals surface area contributed by atoms with Gasteiger partial charge in [-0.05, 0) is 48.3 Å². The van der Waals surface area contributed by atoms with Crippen molar-refractivity contribution in [2.24, 2.45) is 28.6 Å². The lowest BCUT2D eigenvalue weighted by Crippen LogP contribution is -2.54. The van der Waals surface area contributed by atoms with Gasteiger partial charge >= 0.3 is 5.97 Å². The number of carbonyl (C=O) groups is 1. The lowest BCUT2D eigenvalue weighted by atomic mass is 9.44. The van der Waals surface area contributed by atoms with Crippen molar-refractivity contribution in [3.63, 3.8) is 0 Å². The number of hydrogen-bond donors (Lipinski definition) is 1. The molecule has 0 aromatic rings. The molecule has 4 aliphatic carbocycles. The summed E-state index contributed by atoms with van der Waals surface area (Å²) in [5, 5.41) is 9.08. The van der Waals surface area contributed by atoms with Crippen LogP contribution in [0.15, 0.2) is 0 Å². The maximum atomic E-state index is 11.0. The summed E-state index contributed by atoms with van der Waals surface area (Å²) in [7, 11) is 0. The highest BCUT2D eigenvalue weighted by atomic mass is 16.4. The van der Waals surface area contributed by atoms with Gasteiger partial charge in [0.15, 0.2) is 0 Å². The van der Waals surface area contributed by atoms with E-state index in [2.05, 4.69) is 13.8 Å². The molecule has 1 spiro atoms. The summed E-state index contributed by atoms with van der Waals surface area (Å²) in [6, 6.07) is 0. The summed E-state index contributed by atoms with van der Waals surface area (Å²) in [6.45, 7) is 4.67. The fraction of sp³-hybridized carbons (Fsp3) is 0.917. The molecule has 2 nitrogen and oxygen atoms in total. The van der Waals surface area contributed by atoms with E-state index < -0.39 is 5.97 Å². The second kappa shape index (κ2) is 2.17. The van der Waals surface area contributed by atoms with Gasteiger partial charge in [-0.3, -0.25) is 4.79 Å². The Labute approximate surface area is 84.7 Å². The van der Waals surface area contributed by atoms with Crippen molar-refractivity contribution in [3.05, 3.63) is 0 Å². The minimum absolute atomic E-state index is 0.00646. The maximum Gasteiger partial charge on any atom is 0.307 e. The van der Waals surface area contributed by atoms with E-state index in [0.717, 1.165) is 12.3 Å². The summed E-state index contributed by atoms with van der Waals surface area (Å²) >= 11 is 0. The van der Waals surface area contributed by atoms with E-state index in [1.54, 1.807) is 0 Å². The predicted octanol–water partition coefficient (Wildman–Crippen LogP) is 2.53. The zero-order valence-corrected chi connectivity index (χ0v) is 8.92. The van der Waals surface area contributed by atoms with Crippen LogP contribution in [0, 0.1) is 28.6 Å². The Morgan fingerprint density at radius 2 is 2.14 bits per heavy atom. The van der Waals surface area contributed by atoms with E-state index in [-0.39, 0.29) is 11.3 Å². The average molecular weight is 194 g/mol. The van der Waals surface area contributed by atoms with E-state index in [1.165, 1.54) is 19.3 Å². The minimum atomic E-state index is -0.550. The van der Waals surface area contributed by atoms with Crippen LogP contribution in [0.1, 0.15) is 39.5 Å². The number of hydrogen-bond acceptors (Lipinski definition) is 1. The third kappa shape index (κ3) is 0.768. The van der Waals surface area contributed by atoms with E-state index in [0.29, 0.717) is 11.3 Å². The Balaban J connectivity index is 1.87. The normalized spacial score (nSPS) is 52.6. The van der Waals surface area contributed by atoms with Crippen LogP contribution in [-0.4, -0.2) is 11.1 Å². The molecule has 0 heterocycles. The van der Waals surface area contributed by atoms with Crippen LogP contribution in [0.5, 0.6) is 0 Å². The Bertz CT molecular complexity index is 305. The number of fused-ring (bicyclic) bond motifs is 1. The zero-order valence-electron chi connectivity index (χ0n) is 8.92. The molecule has 0 aliphatic heterocycles. The molecule has 1 N–H and O–H groups in total. The van der Waals surface area contributed by atoms with Crippen molar-refractivity contribution in [2.75, 3.05) is 0 Å². The Morgan fingerprint density at radius 1 is 1.43 bits per heavy atom. The molecule has 0 amide bonds. The molecule has 0 radical (unpaired) electrons. The number of carboxylic acid groups (broad SMARTS) is 1. The summed E-state index contributed by atoms with van der Waals surface area (Å²) in [5.74, 6) is 1.03. The van der Waals surface area contributed by atoms with Gasteiger partial charge in [-0.15, -0.1) is 0 Å². The summed E-state index contributed by atoms with van der Waals surface area (Å²) < 4.78 is 0. The van der Waals surface area contributed by atoms with Crippen LogP contribution in [0.3, 0.4) is 0 Å². The first-order chi connectivity index (χ1) is 6.48. The fourth-order valence-corrected chi connectivity index (χ4v) is 4.41. The van der Waals surface area contributed by atoms with Crippen LogP contribution in [0.4, 0.5) is 0 Å². The molecule has 4 fully saturated rings. The monoisotopic (exact) mass is 194 g/mol. The average Bonchev–Trinajstić information content (AvgIpc) is 2.79. The second-order valence-corrected chi connectivity index (χ2v) is 6.17. The van der Waals surface area contributed by atoms with Gasteiger partial charge in [0.1, 0.15) is 0 Å². The molecule has 0 aromatic heterocycles. The minimum Gasteiger partial charge on any atom is -0.481 e. The molecule has 78 valence electrons. The smallest absolute Gasteiger partial charge is 0.307 e. The molecule has 4 saturated carbocycles. The van der Waals surface area contributed by atoms with E-state index in [1.807, 2.05) is 0 Å². The highest BCUT2D eigenvalue weighted by Crippen LogP contribution is 2.76. The maximum absolute atomic E-state index is 11.0. The SMILES string of the molecule is CC1(C)C2CCC3(C[C@H]3C(=O)O)C1C2. The largest absolute Gasteiger partial charge is 0.481 e. The van der Waals surface area contributed by atoms with E-state index in [4.69, 9.17) is 5.11 Å². The van der Waals surface area contributed by atoms with Gasteiger partial charge in [-0.25, -0.2) is 0 Å². The van der Waals surface area contributed by atoms with Crippen LogP contribution < -0.4 is 0 Å². The van der Waals surface area contributed by atoms with E-state index >= 15 is 0 Å². The molecule has 4 rings (SSSR count). The van der Waals surface area contributed by atoms with Gasteiger partial charge in [-0.2, -0.15) is 0 Å². The molecule has 0 saturated heterocycles. The quantitative estimate of drug-likeness (QED) is 0.696. The first-order valence-electron chi connectivity index (χ1n) is 5.71. The molecule has 2 heteroatoms. The molecule has 3 unspecified atom stereocenters. The number of carboxylic acids is 1. The van der Waals surface area contributed by atoms with Gasteiger partial charge < -0.3 is 5.11 Å². The van der Waals surface area contributed by atoms with Gasteiger partial charge in [0.05, 0.1) is 5.92 Å². The summed E-state index contributed by atoms with van der Waals surface area (Å²) in [4.78, 5) is 11.0. The van der Waals surface area contributed by atoms with Gasteiger partial charge in [0.25, 0.3) is 0 Å². The van der Waals surface area contributed by atoms with E-state index in [9.17, 15) is 4.79 Å². The van der Waals surface area contributed by atoms with Gasteiger partial charge in [0.2, 0.25) is 0 Å². The van der Waals surface area contributed by atoms with Gasteiger partial charge in [0, 0.05) is 0 Å². The summed E-state index contributed by atoms with van der Waals surface area (Å²) in [6.07, 6.45) is 4.72. The van der Waals surface area contributed by atoms with Crippen LogP contribution in [0.2, 0.25) is 0 Å². The Kier molecular flexibility index (Phi) is 1.36. The van der Waals surface area contributed by atoms with Crippen molar-refractivity contribution in [2.45, 2.75) is 39.5 Å². The van der Waals surface area contributed by atoms with Crippen molar-refractivity contribution in [1.29, 1.82) is 0 Å². The van der Waals surface area contributed by atoms with Gasteiger partial charge in [-0.1, -0.05) is 13.8 Å². The van der Waals surface area contributed by atoms with Crippen molar-refractivity contribution < 1.29 is 9.90 Å². The molecule has 4 aliphatic rings. The fourth-order valence-electron chi connectivity index (χ4n) is 4.41. The topological polar surface area (TPSA) is 37.3 Å². The van der Waals surface area contributed by atoms with Crippen molar-refractivity contribution >= 4 is 5.97 Å². The Morgan fingerprint density at radius 3 is 2.57 bits per heavy atom. The lowest BCUT2D eigenvalue weighted by molar-refractivity contribution is -0.148. The van der Waals surface area contributed by atoms with Crippen LogP contribution in [0.25, 0.3) is 0 Å². The second-order valence-electron chi connectivity index (χ2n) is 6.17. The third-order valence-corrected chi connectivity index (χ3v) is 5.54.